The Morgan fingerprint density at radius 2 is 2.08 bits per heavy atom. The number of alkyl halides is 2. The number of fused-ring (bicyclic) bond motifs is 1. The van der Waals surface area contributed by atoms with Gasteiger partial charge in [0.05, 0.1) is 24.5 Å². The zero-order chi connectivity index (χ0) is 17.8. The topological polar surface area (TPSA) is 73.9 Å². The van der Waals surface area contributed by atoms with Crippen molar-refractivity contribution >= 4 is 17.5 Å². The average molecular weight is 350 g/mol. The third-order valence-electron chi connectivity index (χ3n) is 4.50. The van der Waals surface area contributed by atoms with Gasteiger partial charge in [0.1, 0.15) is 12.0 Å². The lowest BCUT2D eigenvalue weighted by molar-refractivity contribution is -0.0271. The summed E-state index contributed by atoms with van der Waals surface area (Å²) >= 11 is 0. The summed E-state index contributed by atoms with van der Waals surface area (Å²) in [6, 6.07) is 0. The van der Waals surface area contributed by atoms with Crippen LogP contribution in [0.15, 0.2) is 21.9 Å². The van der Waals surface area contributed by atoms with Crippen molar-refractivity contribution in [2.24, 2.45) is 17.0 Å². The Labute approximate surface area is 143 Å². The van der Waals surface area contributed by atoms with E-state index in [1.54, 1.807) is 11.7 Å². The first-order chi connectivity index (χ1) is 11.8. The minimum absolute atomic E-state index is 0.0740. The second kappa shape index (κ2) is 5.58. The number of hydrazine groups is 1. The van der Waals surface area contributed by atoms with Crippen molar-refractivity contribution in [2.45, 2.75) is 38.8 Å². The van der Waals surface area contributed by atoms with Crippen molar-refractivity contribution in [2.75, 3.05) is 18.0 Å². The fourth-order valence-electron chi connectivity index (χ4n) is 3.08. The standard InChI is InChI=1S/C15H20F2N8/c1-9-6-18-10(2)13-19-11(21-25(9)13)4-5-12-20-14(22-23(12)3)24-7-15(16,17)8-24/h6,11,21H,4-5,7-8H2,1-3H3. The number of halogens is 2. The second-order valence-corrected chi connectivity index (χ2v) is 6.62. The Hall–Kier alpha value is -2.36. The van der Waals surface area contributed by atoms with E-state index in [0.29, 0.717) is 12.4 Å². The van der Waals surface area contributed by atoms with Crippen LogP contribution in [-0.2, 0) is 13.5 Å². The van der Waals surface area contributed by atoms with Crippen molar-refractivity contribution in [3.63, 3.8) is 0 Å². The molecule has 4 rings (SSSR count). The molecule has 10 heteroatoms. The van der Waals surface area contributed by atoms with Crippen LogP contribution in [0.2, 0.25) is 0 Å². The molecule has 1 atom stereocenters. The van der Waals surface area contributed by atoms with Crippen LogP contribution in [-0.4, -0.2) is 56.5 Å². The Morgan fingerprint density at radius 1 is 1.32 bits per heavy atom. The summed E-state index contributed by atoms with van der Waals surface area (Å²) in [5.74, 6) is -0.659. The quantitative estimate of drug-likeness (QED) is 0.880. The molecular formula is C15H20F2N8. The monoisotopic (exact) mass is 350 g/mol. The van der Waals surface area contributed by atoms with Gasteiger partial charge in [-0.1, -0.05) is 0 Å². The molecule has 0 amide bonds. The SMILES string of the molecule is CC1=CN=C(C)C2=NC(CCc3nc(N4CC(F)(F)C4)nn3C)NN12. The summed E-state index contributed by atoms with van der Waals surface area (Å²) in [5, 5.41) is 6.18. The number of aryl methyl sites for hydroxylation is 2. The number of hydrogen-bond donors (Lipinski definition) is 1. The molecule has 25 heavy (non-hydrogen) atoms. The van der Waals surface area contributed by atoms with Crippen LogP contribution < -0.4 is 10.3 Å². The highest BCUT2D eigenvalue weighted by atomic mass is 19.3. The molecule has 0 aliphatic carbocycles. The molecule has 1 aromatic rings. The molecule has 3 aliphatic heterocycles. The molecule has 1 fully saturated rings. The molecule has 1 aromatic heterocycles. The molecule has 134 valence electrons. The summed E-state index contributed by atoms with van der Waals surface area (Å²) in [6.45, 7) is 3.27. The van der Waals surface area contributed by atoms with Crippen LogP contribution >= 0.6 is 0 Å². The highest BCUT2D eigenvalue weighted by Gasteiger charge is 2.45. The predicted molar refractivity (Wildman–Crippen MR) is 89.5 cm³/mol. The Bertz CT molecular complexity index is 785. The fourth-order valence-corrected chi connectivity index (χ4v) is 3.08. The van der Waals surface area contributed by atoms with Crippen molar-refractivity contribution in [1.82, 2.24) is 25.2 Å². The third-order valence-corrected chi connectivity index (χ3v) is 4.50. The largest absolute Gasteiger partial charge is 0.327 e. The van der Waals surface area contributed by atoms with Gasteiger partial charge in [0.2, 0.25) is 5.95 Å². The summed E-state index contributed by atoms with van der Waals surface area (Å²) in [4.78, 5) is 14.9. The summed E-state index contributed by atoms with van der Waals surface area (Å²) in [5.41, 5.74) is 5.21. The number of anilines is 1. The van der Waals surface area contributed by atoms with Crippen LogP contribution in [0.25, 0.3) is 0 Å². The summed E-state index contributed by atoms with van der Waals surface area (Å²) in [6.07, 6.45) is 3.11. The van der Waals surface area contributed by atoms with Crippen LogP contribution in [0, 0.1) is 0 Å². The molecule has 0 spiro atoms. The molecule has 0 radical (unpaired) electrons. The van der Waals surface area contributed by atoms with Crippen molar-refractivity contribution < 1.29 is 8.78 Å². The van der Waals surface area contributed by atoms with E-state index < -0.39 is 5.92 Å². The fraction of sp³-hybridized carbons (Fsp3) is 0.600. The van der Waals surface area contributed by atoms with E-state index in [-0.39, 0.29) is 19.3 Å². The van der Waals surface area contributed by atoms with Gasteiger partial charge in [-0.3, -0.25) is 14.7 Å². The number of allylic oxidation sites excluding steroid dienone is 1. The number of amidine groups is 1. The van der Waals surface area contributed by atoms with Gasteiger partial charge in [0.25, 0.3) is 5.92 Å². The van der Waals surface area contributed by atoms with Gasteiger partial charge in [0, 0.05) is 19.7 Å². The lowest BCUT2D eigenvalue weighted by atomic mass is 10.2. The van der Waals surface area contributed by atoms with Crippen molar-refractivity contribution in [3.05, 3.63) is 17.7 Å². The molecular weight excluding hydrogens is 330 g/mol. The maximum atomic E-state index is 13.0. The first-order valence-electron chi connectivity index (χ1n) is 8.21. The third kappa shape index (κ3) is 2.90. The Balaban J connectivity index is 1.39. The lowest BCUT2D eigenvalue weighted by Crippen LogP contribution is -2.56. The molecule has 3 aliphatic rings. The van der Waals surface area contributed by atoms with Gasteiger partial charge >= 0.3 is 0 Å². The summed E-state index contributed by atoms with van der Waals surface area (Å²) < 4.78 is 27.6. The number of nitrogens with zero attached hydrogens (tertiary/aromatic N) is 7. The van der Waals surface area contributed by atoms with E-state index in [4.69, 9.17) is 0 Å². The number of hydrogen-bond acceptors (Lipinski definition) is 7. The maximum Gasteiger partial charge on any atom is 0.282 e. The van der Waals surface area contributed by atoms with Crippen LogP contribution in [0.3, 0.4) is 0 Å². The highest BCUT2D eigenvalue weighted by Crippen LogP contribution is 2.30. The van der Waals surface area contributed by atoms with Gasteiger partial charge in [-0.2, -0.15) is 4.98 Å². The number of nitrogens with one attached hydrogen (secondary N) is 1. The smallest absolute Gasteiger partial charge is 0.282 e. The molecule has 1 unspecified atom stereocenters. The minimum atomic E-state index is -2.63. The van der Waals surface area contributed by atoms with E-state index in [0.717, 1.165) is 29.5 Å². The van der Waals surface area contributed by atoms with E-state index in [1.807, 2.05) is 25.1 Å². The molecule has 0 saturated carbocycles. The normalized spacial score (nSPS) is 24.5. The molecule has 1 saturated heterocycles. The van der Waals surface area contributed by atoms with E-state index in [1.165, 1.54) is 4.90 Å². The van der Waals surface area contributed by atoms with Gasteiger partial charge in [-0.05, 0) is 20.3 Å². The van der Waals surface area contributed by atoms with Crippen LogP contribution in [0.1, 0.15) is 26.1 Å². The van der Waals surface area contributed by atoms with Gasteiger partial charge in [0.15, 0.2) is 5.84 Å². The van der Waals surface area contributed by atoms with Crippen molar-refractivity contribution in [3.8, 4) is 0 Å². The predicted octanol–water partition coefficient (Wildman–Crippen LogP) is 1.08. The number of rotatable bonds is 4. The maximum absolute atomic E-state index is 13.0. The Kier molecular flexibility index (Phi) is 3.60. The van der Waals surface area contributed by atoms with E-state index in [2.05, 4.69) is 25.5 Å². The van der Waals surface area contributed by atoms with Gasteiger partial charge in [-0.25, -0.2) is 19.2 Å². The molecule has 1 N–H and O–H groups in total. The summed E-state index contributed by atoms with van der Waals surface area (Å²) in [7, 11) is 1.78. The molecule has 4 heterocycles. The average Bonchev–Trinajstić information content (AvgIpc) is 3.11. The zero-order valence-corrected chi connectivity index (χ0v) is 14.4. The minimum Gasteiger partial charge on any atom is -0.327 e. The highest BCUT2D eigenvalue weighted by molar-refractivity contribution is 6.41. The second-order valence-electron chi connectivity index (χ2n) is 6.62. The molecule has 8 nitrogen and oxygen atoms in total. The van der Waals surface area contributed by atoms with Crippen LogP contribution in [0.5, 0.6) is 0 Å². The van der Waals surface area contributed by atoms with Crippen LogP contribution in [0.4, 0.5) is 14.7 Å². The van der Waals surface area contributed by atoms with E-state index >= 15 is 0 Å². The van der Waals surface area contributed by atoms with Crippen molar-refractivity contribution in [1.29, 1.82) is 0 Å². The number of aliphatic imine (C=N–C) groups is 2. The molecule has 0 aromatic carbocycles. The molecule has 0 bridgehead atoms. The zero-order valence-electron chi connectivity index (χ0n) is 14.4. The first kappa shape index (κ1) is 16.1. The number of aromatic nitrogens is 3. The lowest BCUT2D eigenvalue weighted by Gasteiger charge is -2.37. The van der Waals surface area contributed by atoms with E-state index in [9.17, 15) is 8.78 Å². The first-order valence-corrected chi connectivity index (χ1v) is 8.21. The van der Waals surface area contributed by atoms with Gasteiger partial charge in [-0.15, -0.1) is 5.10 Å². The Morgan fingerprint density at radius 3 is 2.76 bits per heavy atom. The van der Waals surface area contributed by atoms with Gasteiger partial charge < -0.3 is 4.90 Å².